The molecule has 0 heterocycles. The molecule has 0 aliphatic carbocycles. The molecule has 3 rings (SSSR count). The van der Waals surface area contributed by atoms with Crippen LogP contribution < -0.4 is 10.1 Å². The number of hydrogen-bond acceptors (Lipinski definition) is 3. The number of carboxylic acids is 1. The smallest absolute Gasteiger partial charge is 0.352 e. The summed E-state index contributed by atoms with van der Waals surface area (Å²) < 4.78 is 19.4. The summed E-state index contributed by atoms with van der Waals surface area (Å²) in [6.45, 7) is 1.83. The van der Waals surface area contributed by atoms with Gasteiger partial charge < -0.3 is 15.2 Å². The van der Waals surface area contributed by atoms with Crippen LogP contribution in [0.15, 0.2) is 78.5 Å². The third-order valence-electron chi connectivity index (χ3n) is 4.02. The van der Waals surface area contributed by atoms with Crippen LogP contribution in [-0.4, -0.2) is 17.0 Å². The van der Waals surface area contributed by atoms with E-state index in [1.54, 1.807) is 66.7 Å². The van der Waals surface area contributed by atoms with E-state index in [0.717, 1.165) is 5.56 Å². The Labute approximate surface area is 167 Å². The summed E-state index contributed by atoms with van der Waals surface area (Å²) in [5.74, 6) is -1.76. The van der Waals surface area contributed by atoms with Crippen LogP contribution in [-0.2, 0) is 4.79 Å². The molecule has 3 aromatic rings. The minimum absolute atomic E-state index is 0.106. The lowest BCUT2D eigenvalue weighted by Crippen LogP contribution is -2.27. The van der Waals surface area contributed by atoms with Gasteiger partial charge in [-0.05, 0) is 60.5 Å². The fourth-order valence-corrected chi connectivity index (χ4v) is 2.55. The van der Waals surface area contributed by atoms with Gasteiger partial charge in [0.25, 0.3) is 5.91 Å². The van der Waals surface area contributed by atoms with Crippen molar-refractivity contribution in [3.63, 3.8) is 0 Å². The summed E-state index contributed by atoms with van der Waals surface area (Å²) >= 11 is 0. The molecule has 0 aliphatic heterocycles. The molecule has 0 saturated heterocycles. The average molecular weight is 391 g/mol. The Bertz CT molecular complexity index is 1060. The van der Waals surface area contributed by atoms with Gasteiger partial charge >= 0.3 is 5.97 Å². The second-order valence-electron chi connectivity index (χ2n) is 6.29. The average Bonchev–Trinajstić information content (AvgIpc) is 2.72. The molecule has 29 heavy (non-hydrogen) atoms. The van der Waals surface area contributed by atoms with E-state index in [0.29, 0.717) is 16.9 Å². The third-order valence-corrected chi connectivity index (χ3v) is 4.02. The Morgan fingerprint density at radius 1 is 1.00 bits per heavy atom. The molecular weight excluding hydrogens is 373 g/mol. The highest BCUT2D eigenvalue weighted by Gasteiger charge is 2.13. The van der Waals surface area contributed by atoms with Crippen molar-refractivity contribution in [1.82, 2.24) is 5.32 Å². The Kier molecular flexibility index (Phi) is 6.04. The highest BCUT2D eigenvalue weighted by molar-refractivity contribution is 6.02. The Morgan fingerprint density at radius 2 is 1.69 bits per heavy atom. The zero-order chi connectivity index (χ0) is 20.8. The predicted octanol–water partition coefficient (Wildman–Crippen LogP) is 4.78. The van der Waals surface area contributed by atoms with Crippen LogP contribution in [0.1, 0.15) is 21.5 Å². The summed E-state index contributed by atoms with van der Waals surface area (Å²) in [5.41, 5.74) is 1.48. The molecule has 3 aromatic carbocycles. The lowest BCUT2D eigenvalue weighted by molar-refractivity contribution is -0.132. The van der Waals surface area contributed by atoms with Gasteiger partial charge in [-0.3, -0.25) is 4.79 Å². The normalized spacial score (nSPS) is 11.0. The quantitative estimate of drug-likeness (QED) is 0.593. The van der Waals surface area contributed by atoms with Gasteiger partial charge in [-0.15, -0.1) is 0 Å². The molecule has 5 nitrogen and oxygen atoms in total. The van der Waals surface area contributed by atoms with E-state index >= 15 is 0 Å². The number of aliphatic carboxylic acids is 1. The van der Waals surface area contributed by atoms with Gasteiger partial charge in [0.05, 0.1) is 0 Å². The molecule has 0 bridgehead atoms. The summed E-state index contributed by atoms with van der Waals surface area (Å²) in [4.78, 5) is 23.7. The standard InChI is InChI=1S/C23H18FNO4/c1-15-7-12-19(24)21(13-15)29-18-10-8-16(9-11-18)14-20(23(27)28)25-22(26)17-5-3-2-4-6-17/h2-14H,1H3,(H,25,26)(H,27,28). The topological polar surface area (TPSA) is 75.6 Å². The van der Waals surface area contributed by atoms with Gasteiger partial charge in [0.2, 0.25) is 0 Å². The number of halogens is 1. The molecule has 0 radical (unpaired) electrons. The Balaban J connectivity index is 1.76. The maximum atomic E-state index is 13.8. The zero-order valence-corrected chi connectivity index (χ0v) is 15.6. The van der Waals surface area contributed by atoms with Crippen LogP contribution in [0.3, 0.4) is 0 Å². The maximum absolute atomic E-state index is 13.8. The van der Waals surface area contributed by atoms with Gasteiger partial charge in [0.1, 0.15) is 11.4 Å². The number of carbonyl (C=O) groups excluding carboxylic acids is 1. The molecule has 0 atom stereocenters. The second-order valence-corrected chi connectivity index (χ2v) is 6.29. The number of hydrogen-bond donors (Lipinski definition) is 2. The summed E-state index contributed by atoms with van der Waals surface area (Å²) in [5, 5.41) is 11.8. The molecule has 0 aromatic heterocycles. The molecule has 6 heteroatoms. The fraction of sp³-hybridized carbons (Fsp3) is 0.0435. The van der Waals surface area contributed by atoms with Crippen LogP contribution in [0.25, 0.3) is 6.08 Å². The molecule has 0 unspecified atom stereocenters. The van der Waals surface area contributed by atoms with Crippen molar-refractivity contribution in [3.8, 4) is 11.5 Å². The van der Waals surface area contributed by atoms with Crippen molar-refractivity contribution in [1.29, 1.82) is 0 Å². The van der Waals surface area contributed by atoms with Crippen LogP contribution in [0.2, 0.25) is 0 Å². The summed E-state index contributed by atoms with van der Waals surface area (Å²) in [6, 6.07) is 19.3. The van der Waals surface area contributed by atoms with Gasteiger partial charge in [-0.2, -0.15) is 0 Å². The Morgan fingerprint density at radius 3 is 2.34 bits per heavy atom. The highest BCUT2D eigenvalue weighted by Crippen LogP contribution is 2.26. The van der Waals surface area contributed by atoms with Crippen molar-refractivity contribution in [3.05, 3.63) is 101 Å². The first kappa shape index (κ1) is 19.8. The maximum Gasteiger partial charge on any atom is 0.352 e. The van der Waals surface area contributed by atoms with Crippen molar-refractivity contribution in [2.45, 2.75) is 6.92 Å². The van der Waals surface area contributed by atoms with Crippen LogP contribution in [0.4, 0.5) is 4.39 Å². The molecule has 1 amide bonds. The first-order valence-corrected chi connectivity index (χ1v) is 8.78. The molecule has 0 fully saturated rings. The van der Waals surface area contributed by atoms with E-state index in [2.05, 4.69) is 5.32 Å². The minimum Gasteiger partial charge on any atom is -0.477 e. The molecule has 146 valence electrons. The number of carboxylic acid groups (broad SMARTS) is 1. The highest BCUT2D eigenvalue weighted by atomic mass is 19.1. The predicted molar refractivity (Wildman–Crippen MR) is 107 cm³/mol. The van der Waals surface area contributed by atoms with Crippen molar-refractivity contribution < 1.29 is 23.8 Å². The first-order chi connectivity index (χ1) is 13.9. The van der Waals surface area contributed by atoms with E-state index in [1.807, 2.05) is 6.92 Å². The van der Waals surface area contributed by atoms with E-state index in [4.69, 9.17) is 4.74 Å². The first-order valence-electron chi connectivity index (χ1n) is 8.78. The number of carbonyl (C=O) groups is 2. The van der Waals surface area contributed by atoms with Gasteiger partial charge in [-0.25, -0.2) is 9.18 Å². The van der Waals surface area contributed by atoms with E-state index < -0.39 is 17.7 Å². The molecule has 0 aliphatic rings. The molecule has 2 N–H and O–H groups in total. The lowest BCUT2D eigenvalue weighted by atomic mass is 10.1. The fourth-order valence-electron chi connectivity index (χ4n) is 2.55. The van der Waals surface area contributed by atoms with Gasteiger partial charge in [-0.1, -0.05) is 36.4 Å². The van der Waals surface area contributed by atoms with E-state index in [9.17, 15) is 19.1 Å². The van der Waals surface area contributed by atoms with Gasteiger partial charge in [0.15, 0.2) is 11.6 Å². The zero-order valence-electron chi connectivity index (χ0n) is 15.6. The minimum atomic E-state index is -1.27. The molecule has 0 spiro atoms. The van der Waals surface area contributed by atoms with Crippen molar-refractivity contribution in [2.24, 2.45) is 0 Å². The molecule has 0 saturated carbocycles. The molecular formula is C23H18FNO4. The monoisotopic (exact) mass is 391 g/mol. The number of amides is 1. The summed E-state index contributed by atoms with van der Waals surface area (Å²) in [7, 11) is 0. The van der Waals surface area contributed by atoms with Crippen LogP contribution in [0, 0.1) is 12.7 Å². The lowest BCUT2D eigenvalue weighted by Gasteiger charge is -2.09. The number of ether oxygens (including phenoxy) is 1. The van der Waals surface area contributed by atoms with E-state index in [-0.39, 0.29) is 11.4 Å². The number of rotatable bonds is 6. The van der Waals surface area contributed by atoms with Crippen LogP contribution in [0.5, 0.6) is 11.5 Å². The number of nitrogens with one attached hydrogen (secondary N) is 1. The third kappa shape index (κ3) is 5.29. The van der Waals surface area contributed by atoms with Crippen molar-refractivity contribution in [2.75, 3.05) is 0 Å². The van der Waals surface area contributed by atoms with Crippen molar-refractivity contribution >= 4 is 18.0 Å². The number of aryl methyl sites for hydroxylation is 1. The SMILES string of the molecule is Cc1ccc(F)c(Oc2ccc(C=C(NC(=O)c3ccccc3)C(=O)O)cc2)c1. The second kappa shape index (κ2) is 8.84. The Hall–Kier alpha value is -3.93. The van der Waals surface area contributed by atoms with Gasteiger partial charge in [0, 0.05) is 5.56 Å². The largest absolute Gasteiger partial charge is 0.477 e. The van der Waals surface area contributed by atoms with E-state index in [1.165, 1.54) is 12.1 Å². The summed E-state index contributed by atoms with van der Waals surface area (Å²) in [6.07, 6.45) is 1.33. The number of benzene rings is 3. The van der Waals surface area contributed by atoms with Crippen LogP contribution >= 0.6 is 0 Å².